The molecule has 11 nitrogen and oxygen atoms in total. The smallest absolute Gasteiger partial charge is 0.336 e. The van der Waals surface area contributed by atoms with Gasteiger partial charge in [0.1, 0.15) is 11.6 Å². The van der Waals surface area contributed by atoms with Gasteiger partial charge in [0.05, 0.1) is 22.3 Å². The molecule has 5 rings (SSSR count). The maximum atomic E-state index is 14.1. The van der Waals surface area contributed by atoms with Gasteiger partial charge in [-0.05, 0) is 74.5 Å². The van der Waals surface area contributed by atoms with Crippen molar-refractivity contribution < 1.29 is 39.0 Å². The van der Waals surface area contributed by atoms with Crippen LogP contribution in [0.25, 0.3) is 0 Å². The van der Waals surface area contributed by atoms with Gasteiger partial charge in [-0.15, -0.1) is 0 Å². The molecule has 2 N–H and O–H groups in total. The lowest BCUT2D eigenvalue weighted by Gasteiger charge is -2.24. The third kappa shape index (κ3) is 6.60. The molecule has 0 saturated carbocycles. The van der Waals surface area contributed by atoms with E-state index in [0.717, 1.165) is 11.1 Å². The lowest BCUT2D eigenvalue weighted by atomic mass is 10.0. The highest BCUT2D eigenvalue weighted by atomic mass is 16.4. The van der Waals surface area contributed by atoms with E-state index < -0.39 is 35.6 Å². The molecule has 238 valence electrons. The summed E-state index contributed by atoms with van der Waals surface area (Å²) in [5, 5.41) is 19.6. The minimum absolute atomic E-state index is 0.0769. The second-order valence-electron chi connectivity index (χ2n) is 10.7. The fourth-order valence-corrected chi connectivity index (χ4v) is 4.87. The minimum atomic E-state index is -1.40. The number of aromatic nitrogens is 1. The van der Waals surface area contributed by atoms with Crippen molar-refractivity contribution in [2.24, 2.45) is 0 Å². The van der Waals surface area contributed by atoms with Crippen LogP contribution in [0.15, 0.2) is 115 Å². The van der Waals surface area contributed by atoms with Gasteiger partial charge in [-0.1, -0.05) is 65.7 Å². The van der Waals surface area contributed by atoms with Gasteiger partial charge in [-0.3, -0.25) is 19.2 Å². The number of carboxylic acid groups (broad SMARTS) is 2. The fourth-order valence-electron chi connectivity index (χ4n) is 4.87. The van der Waals surface area contributed by atoms with Gasteiger partial charge in [0.25, 0.3) is 23.6 Å². The van der Waals surface area contributed by atoms with Crippen molar-refractivity contribution in [2.45, 2.75) is 13.8 Å². The maximum absolute atomic E-state index is 14.1. The molecule has 0 bridgehead atoms. The van der Waals surface area contributed by atoms with Gasteiger partial charge in [-0.2, -0.15) is 0 Å². The lowest BCUT2D eigenvalue weighted by molar-refractivity contribution is 0.0682. The summed E-state index contributed by atoms with van der Waals surface area (Å²) in [5.41, 5.74) is 0.487. The normalized spacial score (nSPS) is 10.5. The second-order valence-corrected chi connectivity index (χ2v) is 10.7. The van der Waals surface area contributed by atoms with Gasteiger partial charge in [-0.25, -0.2) is 24.4 Å². The summed E-state index contributed by atoms with van der Waals surface area (Å²) < 4.78 is 0. The number of hydrogen-bond acceptors (Lipinski definition) is 7. The van der Waals surface area contributed by atoms with Crippen molar-refractivity contribution in [3.8, 4) is 0 Å². The maximum Gasteiger partial charge on any atom is 0.336 e. The molecule has 0 aliphatic carbocycles. The molecule has 0 fully saturated rings. The van der Waals surface area contributed by atoms with Crippen LogP contribution in [0.2, 0.25) is 0 Å². The Balaban J connectivity index is 1.70. The molecule has 1 aromatic heterocycles. The summed E-state index contributed by atoms with van der Waals surface area (Å²) in [4.78, 5) is 86.0. The topological polar surface area (TPSA) is 162 Å². The van der Waals surface area contributed by atoms with E-state index in [1.807, 2.05) is 13.8 Å². The third-order valence-corrected chi connectivity index (χ3v) is 7.36. The Bertz CT molecular complexity index is 1940. The molecule has 0 unspecified atom stereocenters. The Morgan fingerprint density at radius 1 is 0.438 bits per heavy atom. The quantitative estimate of drug-likeness (QED) is 0.192. The first-order valence-electron chi connectivity index (χ1n) is 14.5. The van der Waals surface area contributed by atoms with Crippen molar-refractivity contribution in [2.75, 3.05) is 9.80 Å². The number of carboxylic acids is 2. The standard InChI is InChI=1S/C37H27N3O8/c1-22-14-18-24(19-15-22)32(41)39(34(43)26-8-3-5-10-28(26)36(45)46)30-12-7-13-31(38-30)40(33(42)25-20-16-23(2)17-21-25)35(44)27-9-4-6-11-29(27)37(47)48/h3-21H,1-2H3,(H,45,46)(H,47,48). The van der Waals surface area contributed by atoms with Crippen LogP contribution in [0.5, 0.6) is 0 Å². The molecule has 0 spiro atoms. The molecule has 0 radical (unpaired) electrons. The van der Waals surface area contributed by atoms with Crippen LogP contribution in [0.1, 0.15) is 73.3 Å². The van der Waals surface area contributed by atoms with E-state index >= 15 is 0 Å². The summed E-state index contributed by atoms with van der Waals surface area (Å²) in [6.07, 6.45) is 0. The van der Waals surface area contributed by atoms with Crippen LogP contribution < -0.4 is 9.80 Å². The van der Waals surface area contributed by atoms with Crippen LogP contribution in [-0.2, 0) is 0 Å². The van der Waals surface area contributed by atoms with Gasteiger partial charge < -0.3 is 10.2 Å². The Kier molecular flexibility index (Phi) is 9.32. The highest BCUT2D eigenvalue weighted by Crippen LogP contribution is 2.27. The van der Waals surface area contributed by atoms with Crippen LogP contribution in [0.3, 0.4) is 0 Å². The zero-order valence-electron chi connectivity index (χ0n) is 25.7. The average Bonchev–Trinajstić information content (AvgIpc) is 3.09. The number of anilines is 2. The lowest BCUT2D eigenvalue weighted by Crippen LogP contribution is -2.40. The largest absolute Gasteiger partial charge is 0.478 e. The fraction of sp³-hybridized carbons (Fsp3) is 0.0541. The van der Waals surface area contributed by atoms with E-state index in [-0.39, 0.29) is 45.0 Å². The number of hydrogen-bond donors (Lipinski definition) is 2. The molecule has 1 heterocycles. The molecular weight excluding hydrogens is 614 g/mol. The number of carbonyl (C=O) groups excluding carboxylic acids is 4. The predicted molar refractivity (Wildman–Crippen MR) is 176 cm³/mol. The van der Waals surface area contributed by atoms with Crippen molar-refractivity contribution >= 4 is 47.2 Å². The molecule has 0 aliphatic heterocycles. The Labute approximate surface area is 274 Å². The van der Waals surface area contributed by atoms with Crippen LogP contribution in [0.4, 0.5) is 11.6 Å². The number of aromatic carboxylic acids is 2. The number of nitrogens with zero attached hydrogens (tertiary/aromatic N) is 3. The highest BCUT2D eigenvalue weighted by Gasteiger charge is 2.33. The van der Waals surface area contributed by atoms with Crippen molar-refractivity contribution in [3.05, 3.63) is 160 Å². The zero-order chi connectivity index (χ0) is 34.5. The Morgan fingerprint density at radius 2 is 0.771 bits per heavy atom. The molecule has 0 saturated heterocycles. The molecular formula is C37H27N3O8. The van der Waals surface area contributed by atoms with E-state index in [4.69, 9.17) is 0 Å². The molecule has 0 atom stereocenters. The molecule has 5 aromatic rings. The van der Waals surface area contributed by atoms with Gasteiger partial charge >= 0.3 is 11.9 Å². The average molecular weight is 642 g/mol. The Hall–Kier alpha value is -6.75. The van der Waals surface area contributed by atoms with Crippen molar-refractivity contribution in [1.29, 1.82) is 0 Å². The summed E-state index contributed by atoms with van der Waals surface area (Å²) in [5.74, 6) is -7.23. The van der Waals surface area contributed by atoms with Gasteiger partial charge in [0.2, 0.25) is 0 Å². The van der Waals surface area contributed by atoms with Gasteiger partial charge in [0.15, 0.2) is 0 Å². The SMILES string of the molecule is Cc1ccc(C(=O)N(C(=O)c2ccccc2C(=O)O)c2cccc(N(C(=O)c3ccc(C)cc3)C(=O)c3ccccc3C(=O)O)n2)cc1. The summed E-state index contributed by atoms with van der Waals surface area (Å²) in [7, 11) is 0. The highest BCUT2D eigenvalue weighted by molar-refractivity contribution is 6.28. The van der Waals surface area contributed by atoms with Crippen molar-refractivity contribution in [3.63, 3.8) is 0 Å². The van der Waals surface area contributed by atoms with Crippen LogP contribution >= 0.6 is 0 Å². The first-order chi connectivity index (χ1) is 23.0. The molecule has 11 heteroatoms. The summed E-state index contributed by atoms with van der Waals surface area (Å²) in [6, 6.07) is 27.2. The van der Waals surface area contributed by atoms with Crippen molar-refractivity contribution in [1.82, 2.24) is 4.98 Å². The van der Waals surface area contributed by atoms with Crippen LogP contribution in [-0.4, -0.2) is 50.8 Å². The molecule has 4 aromatic carbocycles. The number of imide groups is 2. The van der Waals surface area contributed by atoms with Gasteiger partial charge in [0, 0.05) is 11.1 Å². The first-order valence-corrected chi connectivity index (χ1v) is 14.5. The number of pyridine rings is 1. The molecule has 0 aliphatic rings. The number of carbonyl (C=O) groups is 6. The number of aryl methyl sites for hydroxylation is 2. The first kappa shape index (κ1) is 32.6. The van der Waals surface area contributed by atoms with E-state index in [0.29, 0.717) is 9.80 Å². The molecule has 48 heavy (non-hydrogen) atoms. The number of amides is 4. The predicted octanol–water partition coefficient (Wildman–Crippen LogP) is 6.07. The Morgan fingerprint density at radius 3 is 1.10 bits per heavy atom. The third-order valence-electron chi connectivity index (χ3n) is 7.36. The summed E-state index contributed by atoms with van der Waals surface area (Å²) in [6.45, 7) is 3.62. The van der Waals surface area contributed by atoms with Crippen LogP contribution in [0, 0.1) is 13.8 Å². The van der Waals surface area contributed by atoms with E-state index in [1.165, 1.54) is 91.0 Å². The van der Waals surface area contributed by atoms with E-state index in [9.17, 15) is 39.0 Å². The molecule has 4 amide bonds. The number of benzene rings is 4. The zero-order valence-corrected chi connectivity index (χ0v) is 25.7. The minimum Gasteiger partial charge on any atom is -0.478 e. The number of rotatable bonds is 8. The second kappa shape index (κ2) is 13.7. The van der Waals surface area contributed by atoms with E-state index in [2.05, 4.69) is 4.98 Å². The monoisotopic (exact) mass is 641 g/mol. The van der Waals surface area contributed by atoms with E-state index in [1.54, 1.807) is 24.3 Å². The summed E-state index contributed by atoms with van der Waals surface area (Å²) >= 11 is 0.